The molecule has 1 N–H and O–H groups in total. The second-order valence-electron chi connectivity index (χ2n) is 10.0. The van der Waals surface area contributed by atoms with Crippen molar-refractivity contribution in [3.63, 3.8) is 0 Å². The molecule has 11 nitrogen and oxygen atoms in total. The van der Waals surface area contributed by atoms with Gasteiger partial charge in [-0.15, -0.1) is 0 Å². The normalized spacial score (nSPS) is 18.6. The van der Waals surface area contributed by atoms with Crippen LogP contribution in [0.25, 0.3) is 28.0 Å². The summed E-state index contributed by atoms with van der Waals surface area (Å²) in [5.41, 5.74) is 4.11. The van der Waals surface area contributed by atoms with E-state index < -0.39 is 0 Å². The molecule has 6 heterocycles. The molecule has 0 aliphatic carbocycles. The zero-order valence-electron chi connectivity index (χ0n) is 21.6. The maximum Gasteiger partial charge on any atom is 0.227 e. The van der Waals surface area contributed by atoms with E-state index in [0.717, 1.165) is 49.4 Å². The maximum absolute atomic E-state index is 13.0. The van der Waals surface area contributed by atoms with Gasteiger partial charge in [0.05, 0.1) is 35.9 Å². The highest BCUT2D eigenvalue weighted by Gasteiger charge is 2.31. The van der Waals surface area contributed by atoms with Crippen molar-refractivity contribution < 1.29 is 4.79 Å². The fourth-order valence-electron chi connectivity index (χ4n) is 5.46. The van der Waals surface area contributed by atoms with E-state index in [0.29, 0.717) is 41.6 Å². The molecule has 4 aromatic heterocycles. The third kappa shape index (κ3) is 4.37. The van der Waals surface area contributed by atoms with Crippen LogP contribution in [0.2, 0.25) is 0 Å². The third-order valence-corrected chi connectivity index (χ3v) is 7.65. The number of hydrogen-bond acceptors (Lipinski definition) is 8. The van der Waals surface area contributed by atoms with Crippen LogP contribution in [0, 0.1) is 17.2 Å². The molecule has 2 atom stereocenters. The minimum absolute atomic E-state index is 0.00933. The van der Waals surface area contributed by atoms with Gasteiger partial charge >= 0.3 is 0 Å². The molecule has 4 aromatic rings. The number of anilines is 1. The van der Waals surface area contributed by atoms with E-state index in [1.165, 1.54) is 0 Å². The Labute approximate surface area is 220 Å². The van der Waals surface area contributed by atoms with Crippen molar-refractivity contribution in [1.82, 2.24) is 39.6 Å². The lowest BCUT2D eigenvalue weighted by Gasteiger charge is -2.37. The Balaban J connectivity index is 1.21. The molecule has 38 heavy (non-hydrogen) atoms. The lowest BCUT2D eigenvalue weighted by atomic mass is 9.98. The summed E-state index contributed by atoms with van der Waals surface area (Å²) in [4.78, 5) is 26.8. The van der Waals surface area contributed by atoms with Crippen LogP contribution < -0.4 is 10.2 Å². The molecule has 6 rings (SSSR count). The summed E-state index contributed by atoms with van der Waals surface area (Å²) in [6, 6.07) is 6.48. The number of hydrogen-bond donors (Lipinski definition) is 1. The molecule has 11 heteroatoms. The van der Waals surface area contributed by atoms with Crippen LogP contribution in [0.15, 0.2) is 43.1 Å². The van der Waals surface area contributed by atoms with E-state index in [1.54, 1.807) is 27.8 Å². The predicted octanol–water partition coefficient (Wildman–Crippen LogP) is 2.10. The summed E-state index contributed by atoms with van der Waals surface area (Å²) in [5.74, 6) is 1.11. The van der Waals surface area contributed by atoms with Gasteiger partial charge in [0.2, 0.25) is 5.91 Å². The molecule has 0 spiro atoms. The minimum Gasteiger partial charge on any atom is -0.353 e. The van der Waals surface area contributed by atoms with Crippen LogP contribution in [0.4, 0.5) is 5.82 Å². The number of aromatic nitrogens is 6. The molecule has 2 aliphatic rings. The molecule has 1 unspecified atom stereocenters. The number of fused-ring (bicyclic) bond motifs is 1. The van der Waals surface area contributed by atoms with Gasteiger partial charge in [-0.3, -0.25) is 9.48 Å². The van der Waals surface area contributed by atoms with Gasteiger partial charge in [0.25, 0.3) is 0 Å². The molecule has 0 radical (unpaired) electrons. The number of carbonyl (C=O) groups is 1. The first-order valence-electron chi connectivity index (χ1n) is 13.0. The number of carbonyl (C=O) groups excluding carboxylic acids is 1. The summed E-state index contributed by atoms with van der Waals surface area (Å²) >= 11 is 0. The summed E-state index contributed by atoms with van der Waals surface area (Å²) in [7, 11) is 1.86. The quantitative estimate of drug-likeness (QED) is 0.433. The van der Waals surface area contributed by atoms with E-state index >= 15 is 0 Å². The summed E-state index contributed by atoms with van der Waals surface area (Å²) in [6.07, 6.45) is 11.0. The topological polar surface area (TPSA) is 120 Å². The first kappa shape index (κ1) is 24.1. The summed E-state index contributed by atoms with van der Waals surface area (Å²) < 4.78 is 3.41. The summed E-state index contributed by atoms with van der Waals surface area (Å²) in [5, 5.41) is 21.8. The number of nitrogens with one attached hydrogen (secondary N) is 1. The maximum atomic E-state index is 13.0. The van der Waals surface area contributed by atoms with Gasteiger partial charge in [0.15, 0.2) is 0 Å². The monoisotopic (exact) mass is 510 g/mol. The number of nitriles is 1. The van der Waals surface area contributed by atoms with E-state index in [4.69, 9.17) is 9.97 Å². The van der Waals surface area contributed by atoms with Gasteiger partial charge in [0, 0.05) is 62.8 Å². The first-order valence-corrected chi connectivity index (χ1v) is 13.0. The second kappa shape index (κ2) is 9.87. The highest BCUT2D eigenvalue weighted by molar-refractivity contribution is 5.83. The highest BCUT2D eigenvalue weighted by atomic mass is 16.2. The smallest absolute Gasteiger partial charge is 0.227 e. The zero-order valence-corrected chi connectivity index (χ0v) is 21.6. The molecular weight excluding hydrogens is 480 g/mol. The molecule has 1 amide bonds. The van der Waals surface area contributed by atoms with Crippen molar-refractivity contribution in [2.45, 2.75) is 25.8 Å². The van der Waals surface area contributed by atoms with Gasteiger partial charge < -0.3 is 15.1 Å². The van der Waals surface area contributed by atoms with Crippen LogP contribution in [0.5, 0.6) is 0 Å². The van der Waals surface area contributed by atoms with E-state index in [2.05, 4.69) is 26.5 Å². The average molecular weight is 511 g/mol. The Kier molecular flexibility index (Phi) is 6.25. The zero-order chi connectivity index (χ0) is 26.2. The number of pyridine rings is 1. The molecule has 0 aromatic carbocycles. The van der Waals surface area contributed by atoms with Crippen LogP contribution in [0.3, 0.4) is 0 Å². The van der Waals surface area contributed by atoms with Crippen molar-refractivity contribution in [2.24, 2.45) is 13.0 Å². The number of amides is 1. The number of aryl methyl sites for hydroxylation is 1. The largest absolute Gasteiger partial charge is 0.353 e. The predicted molar refractivity (Wildman–Crippen MR) is 142 cm³/mol. The molecule has 0 bridgehead atoms. The van der Waals surface area contributed by atoms with Crippen LogP contribution >= 0.6 is 0 Å². The minimum atomic E-state index is 0.00933. The lowest BCUT2D eigenvalue weighted by molar-refractivity contribution is -0.136. The van der Waals surface area contributed by atoms with Gasteiger partial charge in [-0.2, -0.15) is 15.5 Å². The van der Waals surface area contributed by atoms with Gasteiger partial charge in [-0.1, -0.05) is 6.92 Å². The fraction of sp³-hybridized carbons (Fsp3) is 0.407. The van der Waals surface area contributed by atoms with Gasteiger partial charge in [-0.25, -0.2) is 14.5 Å². The Morgan fingerprint density at radius 1 is 1.11 bits per heavy atom. The van der Waals surface area contributed by atoms with E-state index in [9.17, 15) is 10.1 Å². The van der Waals surface area contributed by atoms with Crippen molar-refractivity contribution in [1.29, 1.82) is 5.26 Å². The Morgan fingerprint density at radius 3 is 2.61 bits per heavy atom. The van der Waals surface area contributed by atoms with Crippen molar-refractivity contribution in [3.8, 4) is 28.6 Å². The number of rotatable bonds is 5. The molecular formula is C27H30N10O. The van der Waals surface area contributed by atoms with Crippen LogP contribution in [-0.2, 0) is 11.8 Å². The Hall–Kier alpha value is -4.30. The molecule has 2 saturated heterocycles. The van der Waals surface area contributed by atoms with Crippen molar-refractivity contribution in [3.05, 3.63) is 48.7 Å². The molecule has 0 saturated carbocycles. The molecule has 2 aliphatic heterocycles. The second-order valence-corrected chi connectivity index (χ2v) is 10.0. The third-order valence-electron chi connectivity index (χ3n) is 7.65. The Bertz CT molecular complexity index is 1500. The molecule has 2 fully saturated rings. The van der Waals surface area contributed by atoms with Crippen LogP contribution in [-0.4, -0.2) is 78.9 Å². The SMILES string of the molecule is C[C@H](C(=O)N1CCN(c2ccc(-c3nc(-c4cnn(C)c4)cn4ncc(C#N)c34)cn2)CC1)C1CCCN1. The average Bonchev–Trinajstić information content (AvgIpc) is 3.73. The highest BCUT2D eigenvalue weighted by Crippen LogP contribution is 2.29. The lowest BCUT2D eigenvalue weighted by Crippen LogP contribution is -2.52. The van der Waals surface area contributed by atoms with E-state index in [-0.39, 0.29) is 11.8 Å². The fourth-order valence-corrected chi connectivity index (χ4v) is 5.46. The van der Waals surface area contributed by atoms with Gasteiger partial charge in [-0.05, 0) is 31.5 Å². The number of piperazine rings is 1. The standard InChI is InChI=1S/C27H30N10O/c1-18(22-4-3-7-29-22)27(38)36-10-8-35(9-11-36)24-6-5-19(13-30-24)25-26-20(12-28)14-32-37(26)17-23(33-25)21-15-31-34(2)16-21/h5-6,13-18,22,29H,3-4,7-11H2,1-2H3/t18-,22?/m0/s1. The van der Waals surface area contributed by atoms with Crippen molar-refractivity contribution in [2.75, 3.05) is 37.6 Å². The number of nitrogens with zero attached hydrogens (tertiary/aromatic N) is 9. The van der Waals surface area contributed by atoms with Gasteiger partial charge in [0.1, 0.15) is 23.0 Å². The molecule has 194 valence electrons. The van der Waals surface area contributed by atoms with Crippen LogP contribution in [0.1, 0.15) is 25.3 Å². The van der Waals surface area contributed by atoms with Crippen molar-refractivity contribution >= 4 is 17.2 Å². The summed E-state index contributed by atoms with van der Waals surface area (Å²) in [6.45, 7) is 5.91. The Morgan fingerprint density at radius 2 is 1.95 bits per heavy atom. The first-order chi connectivity index (χ1) is 18.5. The van der Waals surface area contributed by atoms with E-state index in [1.807, 2.05) is 43.4 Å².